The van der Waals surface area contributed by atoms with E-state index in [1.54, 1.807) is 24.3 Å². The number of sulfonamides is 1. The lowest BCUT2D eigenvalue weighted by Gasteiger charge is -2.11. The molecule has 0 aliphatic carbocycles. The van der Waals surface area contributed by atoms with Gasteiger partial charge in [-0.05, 0) is 36.1 Å². The van der Waals surface area contributed by atoms with Crippen LogP contribution in [0.3, 0.4) is 0 Å². The number of rotatable bonds is 4. The molecule has 0 aliphatic rings. The minimum absolute atomic E-state index is 0.0639. The maximum absolute atomic E-state index is 13.7. The molecule has 0 radical (unpaired) electrons. The lowest BCUT2D eigenvalue weighted by atomic mass is 9.98. The smallest absolute Gasteiger partial charge is 0.262 e. The van der Waals surface area contributed by atoms with E-state index in [0.717, 1.165) is 9.58 Å². The fourth-order valence-electron chi connectivity index (χ4n) is 2.88. The molecule has 5 nitrogen and oxygen atoms in total. The highest BCUT2D eigenvalue weighted by Gasteiger charge is 2.39. The van der Waals surface area contributed by atoms with E-state index >= 15 is 0 Å². The van der Waals surface area contributed by atoms with Crippen molar-refractivity contribution in [1.29, 1.82) is 0 Å². The standard InChI is InChI=1S/C18H16F3N3O2S2/c1-24-17(18(19,20)21)15(11-3-7-13(27-2)8-4-11)16(23-24)12-5-9-14(10-6-12)28(22,25)26/h3-10H,1-2H3,(H2,22,25,26). The maximum atomic E-state index is 13.7. The monoisotopic (exact) mass is 427 g/mol. The summed E-state index contributed by atoms with van der Waals surface area (Å²) < 4.78 is 64.8. The molecular formula is C18H16F3N3O2S2. The first-order valence-corrected chi connectivity index (χ1v) is 10.7. The van der Waals surface area contributed by atoms with Crippen molar-refractivity contribution in [3.8, 4) is 22.4 Å². The second-order valence-electron chi connectivity index (χ2n) is 5.99. The van der Waals surface area contributed by atoms with Gasteiger partial charge < -0.3 is 0 Å². The van der Waals surface area contributed by atoms with Gasteiger partial charge in [0.2, 0.25) is 10.0 Å². The van der Waals surface area contributed by atoms with Crippen LogP contribution in [-0.4, -0.2) is 24.5 Å². The summed E-state index contributed by atoms with van der Waals surface area (Å²) in [7, 11) is -2.68. The summed E-state index contributed by atoms with van der Waals surface area (Å²) in [5.74, 6) is 0. The largest absolute Gasteiger partial charge is 0.433 e. The molecule has 10 heteroatoms. The third-order valence-corrected chi connectivity index (χ3v) is 5.82. The van der Waals surface area contributed by atoms with Crippen molar-refractivity contribution < 1.29 is 21.6 Å². The first-order chi connectivity index (χ1) is 13.0. The van der Waals surface area contributed by atoms with E-state index in [2.05, 4.69) is 5.10 Å². The molecule has 148 valence electrons. The summed E-state index contributed by atoms with van der Waals surface area (Å²) in [5.41, 5.74) is -0.125. The second kappa shape index (κ2) is 7.26. The van der Waals surface area contributed by atoms with E-state index in [9.17, 15) is 21.6 Å². The van der Waals surface area contributed by atoms with Gasteiger partial charge in [0, 0.05) is 23.1 Å². The van der Waals surface area contributed by atoms with Gasteiger partial charge in [0.1, 0.15) is 5.69 Å². The number of aromatic nitrogens is 2. The molecule has 0 unspecified atom stereocenters. The molecule has 0 aliphatic heterocycles. The second-order valence-corrected chi connectivity index (χ2v) is 8.43. The fraction of sp³-hybridized carbons (Fsp3) is 0.167. The highest BCUT2D eigenvalue weighted by atomic mass is 32.2. The zero-order chi connectivity index (χ0) is 20.7. The van der Waals surface area contributed by atoms with Crippen LogP contribution in [-0.2, 0) is 23.2 Å². The van der Waals surface area contributed by atoms with Gasteiger partial charge in [-0.15, -0.1) is 11.8 Å². The van der Waals surface area contributed by atoms with Crippen molar-refractivity contribution in [2.24, 2.45) is 12.2 Å². The van der Waals surface area contributed by atoms with Crippen LogP contribution in [0.5, 0.6) is 0 Å². The Kier molecular flexibility index (Phi) is 5.30. The minimum atomic E-state index is -4.62. The normalized spacial score (nSPS) is 12.4. The quantitative estimate of drug-likeness (QED) is 0.635. The van der Waals surface area contributed by atoms with Crippen molar-refractivity contribution >= 4 is 21.8 Å². The number of thioether (sulfide) groups is 1. The molecule has 2 N–H and O–H groups in total. The Hall–Kier alpha value is -2.30. The van der Waals surface area contributed by atoms with Gasteiger partial charge in [-0.2, -0.15) is 18.3 Å². The Balaban J connectivity index is 2.24. The molecule has 0 atom stereocenters. The van der Waals surface area contributed by atoms with Crippen molar-refractivity contribution in [3.63, 3.8) is 0 Å². The Morgan fingerprint density at radius 3 is 2.00 bits per heavy atom. The van der Waals surface area contributed by atoms with Gasteiger partial charge in [-0.25, -0.2) is 13.6 Å². The van der Waals surface area contributed by atoms with E-state index in [-0.39, 0.29) is 16.2 Å². The zero-order valence-corrected chi connectivity index (χ0v) is 16.5. The molecule has 0 amide bonds. The highest BCUT2D eigenvalue weighted by Crippen LogP contribution is 2.42. The number of halogens is 3. The minimum Gasteiger partial charge on any atom is -0.262 e. The van der Waals surface area contributed by atoms with Crippen LogP contribution in [0.15, 0.2) is 58.3 Å². The molecular weight excluding hydrogens is 411 g/mol. The highest BCUT2D eigenvalue weighted by molar-refractivity contribution is 7.98. The number of nitrogens with zero attached hydrogens (tertiary/aromatic N) is 2. The predicted molar refractivity (Wildman–Crippen MR) is 102 cm³/mol. The number of aryl methyl sites for hydroxylation is 1. The first-order valence-electron chi connectivity index (χ1n) is 7.94. The summed E-state index contributed by atoms with van der Waals surface area (Å²) in [5, 5.41) is 9.15. The van der Waals surface area contributed by atoms with Gasteiger partial charge in [0.05, 0.1) is 4.90 Å². The first kappa shape index (κ1) is 20.4. The van der Waals surface area contributed by atoms with Gasteiger partial charge in [0.25, 0.3) is 0 Å². The maximum Gasteiger partial charge on any atom is 0.433 e. The molecule has 0 bridgehead atoms. The SMILES string of the molecule is CSc1ccc(-c2c(-c3ccc(S(N)(=O)=O)cc3)nn(C)c2C(F)(F)F)cc1. The summed E-state index contributed by atoms with van der Waals surface area (Å²) in [6.45, 7) is 0. The molecule has 1 aromatic heterocycles. The molecule has 0 fully saturated rings. The van der Waals surface area contributed by atoms with Crippen LogP contribution in [0.25, 0.3) is 22.4 Å². The fourth-order valence-corrected chi connectivity index (χ4v) is 3.81. The van der Waals surface area contributed by atoms with Gasteiger partial charge in [0.15, 0.2) is 5.69 Å². The summed E-state index contributed by atoms with van der Waals surface area (Å²) in [6.07, 6.45) is -2.74. The van der Waals surface area contributed by atoms with E-state index < -0.39 is 21.9 Å². The van der Waals surface area contributed by atoms with E-state index in [1.807, 2.05) is 6.26 Å². The molecule has 0 saturated heterocycles. The molecule has 28 heavy (non-hydrogen) atoms. The number of hydrogen-bond donors (Lipinski definition) is 1. The Labute approximate surface area is 164 Å². The number of primary sulfonamides is 1. The molecule has 1 heterocycles. The predicted octanol–water partition coefficient (Wildman–Crippen LogP) is 4.14. The van der Waals surface area contributed by atoms with Gasteiger partial charge in [-0.3, -0.25) is 4.68 Å². The van der Waals surface area contributed by atoms with Crippen molar-refractivity contribution in [3.05, 3.63) is 54.2 Å². The van der Waals surface area contributed by atoms with Crippen LogP contribution < -0.4 is 5.14 Å². The van der Waals surface area contributed by atoms with E-state index in [4.69, 9.17) is 5.14 Å². The molecule has 3 aromatic rings. The van der Waals surface area contributed by atoms with Crippen molar-refractivity contribution in [1.82, 2.24) is 9.78 Å². The van der Waals surface area contributed by atoms with E-state index in [0.29, 0.717) is 11.1 Å². The van der Waals surface area contributed by atoms with Crippen LogP contribution in [0, 0.1) is 0 Å². The van der Waals surface area contributed by atoms with Gasteiger partial charge in [-0.1, -0.05) is 24.3 Å². The molecule has 2 aromatic carbocycles. The zero-order valence-electron chi connectivity index (χ0n) is 14.9. The summed E-state index contributed by atoms with van der Waals surface area (Å²) >= 11 is 1.48. The van der Waals surface area contributed by atoms with Crippen LogP contribution in [0.2, 0.25) is 0 Å². The van der Waals surface area contributed by atoms with Crippen LogP contribution >= 0.6 is 11.8 Å². The van der Waals surface area contributed by atoms with Crippen LogP contribution in [0.1, 0.15) is 5.69 Å². The topological polar surface area (TPSA) is 78.0 Å². The third-order valence-electron chi connectivity index (χ3n) is 4.15. The lowest BCUT2D eigenvalue weighted by Crippen LogP contribution is -2.13. The molecule has 0 saturated carbocycles. The lowest BCUT2D eigenvalue weighted by molar-refractivity contribution is -0.143. The van der Waals surface area contributed by atoms with Crippen molar-refractivity contribution in [2.45, 2.75) is 16.0 Å². The van der Waals surface area contributed by atoms with Crippen LogP contribution in [0.4, 0.5) is 13.2 Å². The Morgan fingerprint density at radius 1 is 1.00 bits per heavy atom. The average molecular weight is 427 g/mol. The summed E-state index contributed by atoms with van der Waals surface area (Å²) in [6, 6.07) is 12.0. The number of alkyl halides is 3. The Bertz CT molecular complexity index is 1100. The molecule has 0 spiro atoms. The van der Waals surface area contributed by atoms with Crippen molar-refractivity contribution in [2.75, 3.05) is 6.26 Å². The Morgan fingerprint density at radius 2 is 1.54 bits per heavy atom. The summed E-state index contributed by atoms with van der Waals surface area (Å²) in [4.78, 5) is 0.786. The number of benzene rings is 2. The molecule has 3 rings (SSSR count). The third kappa shape index (κ3) is 3.94. The number of hydrogen-bond acceptors (Lipinski definition) is 4. The average Bonchev–Trinajstić information content (AvgIpc) is 2.98. The number of nitrogens with two attached hydrogens (primary N) is 1. The van der Waals surface area contributed by atoms with E-state index in [1.165, 1.54) is 43.1 Å². The van der Waals surface area contributed by atoms with Gasteiger partial charge >= 0.3 is 6.18 Å².